The highest BCUT2D eigenvalue weighted by molar-refractivity contribution is 7.89. The van der Waals surface area contributed by atoms with Gasteiger partial charge in [0.05, 0.1) is 11.4 Å². The van der Waals surface area contributed by atoms with E-state index in [9.17, 15) is 27.9 Å². The first-order chi connectivity index (χ1) is 17.0. The Morgan fingerprint density at radius 1 is 1.14 bits per heavy atom. The van der Waals surface area contributed by atoms with Crippen molar-refractivity contribution in [2.75, 3.05) is 13.1 Å². The molecule has 1 aliphatic heterocycles. The number of carboxylic acid groups (broad SMARTS) is 1. The zero-order valence-corrected chi connectivity index (χ0v) is 20.5. The number of hydrogen-bond acceptors (Lipinski definition) is 6. The minimum Gasteiger partial charge on any atom is -0.480 e. The van der Waals surface area contributed by atoms with Crippen molar-refractivity contribution in [1.29, 1.82) is 5.41 Å². The van der Waals surface area contributed by atoms with Gasteiger partial charge in [-0.05, 0) is 37.5 Å². The molecule has 1 saturated heterocycles. The molecule has 0 saturated carbocycles. The standard InChI is InChI=1S/C24H29N5O6S/c1-15-4-10-18(11-5-15)36(34,35)27-14-21(30)29-12-2-3-20(29)23(31)28-19(24(32)33)13-16-6-8-17(9-7-16)22(25)26/h4-11,19-20,27H,2-3,12-14H2,1H3,(H3,25,26)(H,28,31)(H,32,33)/t19-,20-/m0/s1. The van der Waals surface area contributed by atoms with E-state index in [1.807, 2.05) is 6.92 Å². The van der Waals surface area contributed by atoms with Gasteiger partial charge in [0.15, 0.2) is 0 Å². The van der Waals surface area contributed by atoms with Gasteiger partial charge >= 0.3 is 5.97 Å². The van der Waals surface area contributed by atoms with Crippen LogP contribution >= 0.6 is 0 Å². The summed E-state index contributed by atoms with van der Waals surface area (Å²) in [5.41, 5.74) is 7.44. The van der Waals surface area contributed by atoms with Gasteiger partial charge in [0.1, 0.15) is 17.9 Å². The Kier molecular flexibility index (Phi) is 8.43. The van der Waals surface area contributed by atoms with E-state index in [1.165, 1.54) is 17.0 Å². The Labute approximate surface area is 209 Å². The summed E-state index contributed by atoms with van der Waals surface area (Å²) in [7, 11) is -3.91. The highest BCUT2D eigenvalue weighted by Crippen LogP contribution is 2.18. The van der Waals surface area contributed by atoms with Gasteiger partial charge in [-0.15, -0.1) is 0 Å². The van der Waals surface area contributed by atoms with Gasteiger partial charge in [-0.2, -0.15) is 0 Å². The van der Waals surface area contributed by atoms with Gasteiger partial charge < -0.3 is 21.1 Å². The number of nitrogen functional groups attached to an aromatic ring is 1. The highest BCUT2D eigenvalue weighted by atomic mass is 32.2. The molecule has 1 fully saturated rings. The number of nitrogens with two attached hydrogens (primary N) is 1. The Morgan fingerprint density at radius 3 is 2.36 bits per heavy atom. The Morgan fingerprint density at radius 2 is 1.78 bits per heavy atom. The molecule has 2 aromatic rings. The van der Waals surface area contributed by atoms with Crippen LogP contribution in [0.1, 0.15) is 29.5 Å². The van der Waals surface area contributed by atoms with Crippen LogP contribution in [0.25, 0.3) is 0 Å². The molecule has 2 amide bonds. The highest BCUT2D eigenvalue weighted by Gasteiger charge is 2.36. The Balaban J connectivity index is 1.62. The second kappa shape index (κ2) is 11.3. The van der Waals surface area contributed by atoms with E-state index < -0.39 is 46.4 Å². The predicted molar refractivity (Wildman–Crippen MR) is 132 cm³/mol. The molecular weight excluding hydrogens is 486 g/mol. The lowest BCUT2D eigenvalue weighted by Crippen LogP contribution is -2.52. The van der Waals surface area contributed by atoms with Crippen LogP contribution in [0.4, 0.5) is 0 Å². The normalized spacial score (nSPS) is 16.4. The number of aryl methyl sites for hydroxylation is 1. The fourth-order valence-electron chi connectivity index (χ4n) is 3.92. The van der Waals surface area contributed by atoms with Crippen molar-refractivity contribution in [3.63, 3.8) is 0 Å². The summed E-state index contributed by atoms with van der Waals surface area (Å²) in [5, 5.41) is 19.5. The fraction of sp³-hybridized carbons (Fsp3) is 0.333. The molecule has 0 radical (unpaired) electrons. The van der Waals surface area contributed by atoms with Crippen molar-refractivity contribution in [2.45, 2.75) is 43.2 Å². The van der Waals surface area contributed by atoms with Crippen LogP contribution in [0.2, 0.25) is 0 Å². The van der Waals surface area contributed by atoms with Gasteiger partial charge in [0.25, 0.3) is 0 Å². The zero-order valence-electron chi connectivity index (χ0n) is 19.7. The average molecular weight is 516 g/mol. The van der Waals surface area contributed by atoms with Crippen LogP contribution in [0.3, 0.4) is 0 Å². The van der Waals surface area contributed by atoms with Gasteiger partial charge in [0, 0.05) is 18.5 Å². The zero-order chi connectivity index (χ0) is 26.5. The Bertz CT molecular complexity index is 1240. The lowest BCUT2D eigenvalue weighted by Gasteiger charge is -2.25. The lowest BCUT2D eigenvalue weighted by atomic mass is 10.0. The molecule has 12 heteroatoms. The maximum absolute atomic E-state index is 12.9. The van der Waals surface area contributed by atoms with Gasteiger partial charge in [-0.25, -0.2) is 17.9 Å². The van der Waals surface area contributed by atoms with Crippen molar-refractivity contribution in [3.8, 4) is 0 Å². The first-order valence-electron chi connectivity index (χ1n) is 11.3. The van der Waals surface area contributed by atoms with E-state index in [2.05, 4.69) is 10.0 Å². The van der Waals surface area contributed by atoms with E-state index in [0.717, 1.165) is 5.56 Å². The van der Waals surface area contributed by atoms with Gasteiger partial charge in [0.2, 0.25) is 21.8 Å². The van der Waals surface area contributed by atoms with Gasteiger partial charge in [-0.1, -0.05) is 42.0 Å². The molecule has 36 heavy (non-hydrogen) atoms. The molecule has 3 rings (SSSR count). The van der Waals surface area contributed by atoms with Crippen LogP contribution in [0.15, 0.2) is 53.4 Å². The minimum atomic E-state index is -3.91. The number of benzene rings is 2. The molecule has 0 bridgehead atoms. The number of carboxylic acids is 1. The molecule has 2 atom stereocenters. The number of rotatable bonds is 10. The average Bonchev–Trinajstić information content (AvgIpc) is 3.33. The third kappa shape index (κ3) is 6.67. The van der Waals surface area contributed by atoms with Crippen molar-refractivity contribution < 1.29 is 27.9 Å². The maximum Gasteiger partial charge on any atom is 0.326 e. The maximum atomic E-state index is 12.9. The molecule has 1 heterocycles. The van der Waals surface area contributed by atoms with E-state index in [0.29, 0.717) is 24.0 Å². The molecule has 6 N–H and O–H groups in total. The first kappa shape index (κ1) is 26.8. The monoisotopic (exact) mass is 515 g/mol. The molecule has 0 aliphatic carbocycles. The van der Waals surface area contributed by atoms with E-state index in [-0.39, 0.29) is 23.7 Å². The number of nitrogens with one attached hydrogen (secondary N) is 3. The second-order valence-corrected chi connectivity index (χ2v) is 10.4. The van der Waals surface area contributed by atoms with Crippen LogP contribution in [-0.4, -0.2) is 67.2 Å². The molecule has 1 aliphatic rings. The third-order valence-electron chi connectivity index (χ3n) is 5.94. The largest absolute Gasteiger partial charge is 0.480 e. The SMILES string of the molecule is Cc1ccc(S(=O)(=O)NCC(=O)N2CCC[C@H]2C(=O)N[C@@H](Cc2ccc(C(=N)N)cc2)C(=O)O)cc1. The van der Waals surface area contributed by atoms with Crippen LogP contribution in [0, 0.1) is 12.3 Å². The van der Waals surface area contributed by atoms with Crippen molar-refractivity contribution in [1.82, 2.24) is 14.9 Å². The van der Waals surface area contributed by atoms with Crippen LogP contribution in [0.5, 0.6) is 0 Å². The van der Waals surface area contributed by atoms with E-state index in [1.54, 1.807) is 36.4 Å². The van der Waals surface area contributed by atoms with E-state index in [4.69, 9.17) is 11.1 Å². The second-order valence-electron chi connectivity index (χ2n) is 8.60. The number of carbonyl (C=O) groups is 3. The topological polar surface area (TPSA) is 183 Å². The number of carbonyl (C=O) groups excluding carboxylic acids is 2. The van der Waals surface area contributed by atoms with Crippen LogP contribution in [-0.2, 0) is 30.8 Å². The summed E-state index contributed by atoms with van der Waals surface area (Å²) in [6.07, 6.45) is 0.858. The number of nitrogens with zero attached hydrogens (tertiary/aromatic N) is 1. The smallest absolute Gasteiger partial charge is 0.326 e. The molecule has 2 aromatic carbocycles. The molecule has 0 spiro atoms. The Hall–Kier alpha value is -3.77. The molecule has 11 nitrogen and oxygen atoms in total. The van der Waals surface area contributed by atoms with Crippen molar-refractivity contribution in [3.05, 3.63) is 65.2 Å². The number of amidine groups is 1. The summed E-state index contributed by atoms with van der Waals surface area (Å²) >= 11 is 0. The number of likely N-dealkylation sites (tertiary alicyclic amines) is 1. The van der Waals surface area contributed by atoms with Gasteiger partial charge in [-0.3, -0.25) is 15.0 Å². The fourth-order valence-corrected chi connectivity index (χ4v) is 4.90. The summed E-state index contributed by atoms with van der Waals surface area (Å²) < 4.78 is 27.2. The summed E-state index contributed by atoms with van der Waals surface area (Å²) in [6, 6.07) is 10.5. The number of sulfonamides is 1. The molecule has 192 valence electrons. The molecular formula is C24H29N5O6S. The summed E-state index contributed by atoms with van der Waals surface area (Å²) in [6.45, 7) is 1.56. The third-order valence-corrected chi connectivity index (χ3v) is 7.36. The van der Waals surface area contributed by atoms with Crippen molar-refractivity contribution >= 4 is 33.6 Å². The molecule has 0 aromatic heterocycles. The summed E-state index contributed by atoms with van der Waals surface area (Å²) in [4.78, 5) is 38.8. The minimum absolute atomic E-state index is 0.00370. The summed E-state index contributed by atoms with van der Waals surface area (Å²) in [5.74, 6) is -2.54. The number of hydrogen-bond donors (Lipinski definition) is 5. The first-order valence-corrected chi connectivity index (χ1v) is 12.8. The van der Waals surface area contributed by atoms with Crippen LogP contribution < -0.4 is 15.8 Å². The van der Waals surface area contributed by atoms with E-state index >= 15 is 0 Å². The number of aliphatic carboxylic acids is 1. The molecule has 0 unspecified atom stereocenters. The lowest BCUT2D eigenvalue weighted by molar-refractivity contribution is -0.143. The quantitative estimate of drug-likeness (QED) is 0.223. The predicted octanol–water partition coefficient (Wildman–Crippen LogP) is 0.360. The van der Waals surface area contributed by atoms with Crippen molar-refractivity contribution in [2.24, 2.45) is 5.73 Å². The number of amides is 2.